The molecule has 1 aliphatic heterocycles. The van der Waals surface area contributed by atoms with Crippen LogP contribution in [0.2, 0.25) is 10.0 Å². The Bertz CT molecular complexity index is 954. The summed E-state index contributed by atoms with van der Waals surface area (Å²) in [7, 11) is 0. The summed E-state index contributed by atoms with van der Waals surface area (Å²) in [5.41, 5.74) is 1.67. The summed E-state index contributed by atoms with van der Waals surface area (Å²) in [6.45, 7) is 7.37. The standard InChI is InChI=1S/C22H22Cl2N2O3S/c1-22(2,3)29-21(27)26-10-14(11-26)12-28-17-6-4-15(5-7-17)20-18(23)8-16(25-13-30)9-19(20)24/h4-9,14H,10-12H2,1-3H3. The van der Waals surface area contributed by atoms with Crippen LogP contribution < -0.4 is 4.74 Å². The lowest BCUT2D eigenvalue weighted by molar-refractivity contribution is -0.00781. The molecule has 5 nitrogen and oxygen atoms in total. The molecular weight excluding hydrogens is 443 g/mol. The van der Waals surface area contributed by atoms with Crippen LogP contribution >= 0.6 is 35.4 Å². The minimum Gasteiger partial charge on any atom is -0.493 e. The Balaban J connectivity index is 1.55. The number of ether oxygens (including phenoxy) is 2. The zero-order valence-corrected chi connectivity index (χ0v) is 19.3. The molecule has 0 bridgehead atoms. The summed E-state index contributed by atoms with van der Waals surface area (Å²) >= 11 is 17.4. The maximum atomic E-state index is 12.0. The van der Waals surface area contributed by atoms with Crippen LogP contribution in [0.3, 0.4) is 0 Å². The van der Waals surface area contributed by atoms with Gasteiger partial charge in [0.1, 0.15) is 11.4 Å². The van der Waals surface area contributed by atoms with Crippen LogP contribution in [0, 0.1) is 5.92 Å². The highest BCUT2D eigenvalue weighted by atomic mass is 35.5. The van der Waals surface area contributed by atoms with Crippen molar-refractivity contribution in [1.82, 2.24) is 4.90 Å². The molecule has 0 saturated carbocycles. The van der Waals surface area contributed by atoms with E-state index in [1.165, 1.54) is 0 Å². The van der Waals surface area contributed by atoms with E-state index in [-0.39, 0.29) is 12.0 Å². The van der Waals surface area contributed by atoms with Crippen molar-refractivity contribution in [3.63, 3.8) is 0 Å². The SMILES string of the molecule is CC(C)(C)OC(=O)N1CC(COc2ccc(-c3c(Cl)cc(N=C=S)cc3Cl)cc2)C1. The molecule has 2 aromatic carbocycles. The second kappa shape index (κ2) is 9.36. The van der Waals surface area contributed by atoms with Gasteiger partial charge in [-0.05, 0) is 62.8 Å². The number of benzene rings is 2. The summed E-state index contributed by atoms with van der Waals surface area (Å²) in [4.78, 5) is 17.6. The Morgan fingerprint density at radius 3 is 2.33 bits per heavy atom. The highest BCUT2D eigenvalue weighted by Crippen LogP contribution is 2.38. The Labute approximate surface area is 191 Å². The predicted molar refractivity (Wildman–Crippen MR) is 123 cm³/mol. The second-order valence-electron chi connectivity index (χ2n) is 8.07. The lowest BCUT2D eigenvalue weighted by atomic mass is 10.0. The van der Waals surface area contributed by atoms with Crippen molar-refractivity contribution in [3.05, 3.63) is 46.4 Å². The number of hydrogen-bond donors (Lipinski definition) is 0. The maximum Gasteiger partial charge on any atom is 0.410 e. The number of halogens is 2. The molecule has 1 heterocycles. The third kappa shape index (κ3) is 5.73. The van der Waals surface area contributed by atoms with Crippen LogP contribution in [0.25, 0.3) is 11.1 Å². The monoisotopic (exact) mass is 464 g/mol. The lowest BCUT2D eigenvalue weighted by Gasteiger charge is -2.39. The topological polar surface area (TPSA) is 51.1 Å². The summed E-state index contributed by atoms with van der Waals surface area (Å²) in [5, 5.41) is 3.27. The highest BCUT2D eigenvalue weighted by molar-refractivity contribution is 7.78. The first kappa shape index (κ1) is 22.6. The van der Waals surface area contributed by atoms with Gasteiger partial charge in [0.05, 0.1) is 27.5 Å². The Kier molecular flexibility index (Phi) is 7.04. The number of nitrogens with zero attached hydrogens (tertiary/aromatic N) is 2. The number of rotatable bonds is 5. The van der Waals surface area contributed by atoms with Crippen molar-refractivity contribution in [2.45, 2.75) is 26.4 Å². The molecule has 158 valence electrons. The van der Waals surface area contributed by atoms with Crippen molar-refractivity contribution in [3.8, 4) is 16.9 Å². The molecule has 30 heavy (non-hydrogen) atoms. The van der Waals surface area contributed by atoms with Crippen LogP contribution in [-0.4, -0.2) is 41.5 Å². The molecule has 0 atom stereocenters. The van der Waals surface area contributed by atoms with Gasteiger partial charge in [0.15, 0.2) is 0 Å². The second-order valence-corrected chi connectivity index (χ2v) is 9.07. The number of carbonyl (C=O) groups excluding carboxylic acids is 1. The molecular formula is C22H22Cl2N2O3S. The molecule has 3 rings (SSSR count). The van der Waals surface area contributed by atoms with Gasteiger partial charge < -0.3 is 14.4 Å². The van der Waals surface area contributed by atoms with E-state index in [1.54, 1.807) is 17.0 Å². The smallest absolute Gasteiger partial charge is 0.410 e. The van der Waals surface area contributed by atoms with Gasteiger partial charge in [-0.3, -0.25) is 0 Å². The largest absolute Gasteiger partial charge is 0.493 e. The molecule has 0 radical (unpaired) electrons. The predicted octanol–water partition coefficient (Wildman–Crippen LogP) is 6.64. The molecule has 2 aromatic rings. The maximum absolute atomic E-state index is 12.0. The van der Waals surface area contributed by atoms with Gasteiger partial charge in [0, 0.05) is 24.6 Å². The van der Waals surface area contributed by atoms with Crippen molar-refractivity contribution in [2.24, 2.45) is 10.9 Å². The number of thiocarbonyl (C=S) groups is 1. The van der Waals surface area contributed by atoms with E-state index in [0.29, 0.717) is 35.4 Å². The molecule has 0 aliphatic carbocycles. The number of isothiocyanates is 1. The molecule has 1 aliphatic rings. The average Bonchev–Trinajstić information content (AvgIpc) is 2.59. The third-order valence-corrected chi connectivity index (χ3v) is 5.13. The number of amides is 1. The van der Waals surface area contributed by atoms with Crippen LogP contribution in [0.15, 0.2) is 41.4 Å². The van der Waals surface area contributed by atoms with Gasteiger partial charge in [-0.25, -0.2) is 4.79 Å². The molecule has 1 saturated heterocycles. The van der Waals surface area contributed by atoms with E-state index in [1.807, 2.05) is 45.0 Å². The van der Waals surface area contributed by atoms with E-state index in [0.717, 1.165) is 16.9 Å². The normalized spacial score (nSPS) is 14.0. The molecule has 1 amide bonds. The van der Waals surface area contributed by atoms with Crippen molar-refractivity contribution >= 4 is 52.4 Å². The third-order valence-electron chi connectivity index (χ3n) is 4.44. The number of aliphatic imine (C=N–C) groups is 1. The molecule has 0 aromatic heterocycles. The van der Waals surface area contributed by atoms with E-state index >= 15 is 0 Å². The van der Waals surface area contributed by atoms with Crippen LogP contribution in [0.1, 0.15) is 20.8 Å². The van der Waals surface area contributed by atoms with Crippen molar-refractivity contribution in [2.75, 3.05) is 19.7 Å². The van der Waals surface area contributed by atoms with Gasteiger partial charge in [-0.2, -0.15) is 4.99 Å². The minimum absolute atomic E-state index is 0.279. The number of carbonyl (C=O) groups is 1. The van der Waals surface area contributed by atoms with Crippen LogP contribution in [-0.2, 0) is 4.74 Å². The molecule has 1 fully saturated rings. The molecule has 8 heteroatoms. The van der Waals surface area contributed by atoms with Gasteiger partial charge in [-0.1, -0.05) is 35.3 Å². The van der Waals surface area contributed by atoms with E-state index < -0.39 is 5.60 Å². The number of likely N-dealkylation sites (tertiary alicyclic amines) is 1. The molecule has 0 N–H and O–H groups in total. The van der Waals surface area contributed by atoms with Crippen LogP contribution in [0.5, 0.6) is 5.75 Å². The van der Waals surface area contributed by atoms with Gasteiger partial charge in [0.2, 0.25) is 0 Å². The zero-order chi connectivity index (χ0) is 21.9. The summed E-state index contributed by atoms with van der Waals surface area (Å²) in [6.07, 6.45) is -0.279. The van der Waals surface area contributed by atoms with E-state index in [9.17, 15) is 4.79 Å². The Morgan fingerprint density at radius 1 is 1.20 bits per heavy atom. The van der Waals surface area contributed by atoms with E-state index in [4.69, 9.17) is 32.7 Å². The Hall–Kier alpha value is -2.11. The molecule has 0 spiro atoms. The summed E-state index contributed by atoms with van der Waals surface area (Å²) < 4.78 is 11.2. The lowest BCUT2D eigenvalue weighted by Crippen LogP contribution is -2.53. The van der Waals surface area contributed by atoms with Gasteiger partial charge in [0.25, 0.3) is 0 Å². The number of hydrogen-bond acceptors (Lipinski definition) is 5. The van der Waals surface area contributed by atoms with Gasteiger partial charge in [-0.15, -0.1) is 0 Å². The minimum atomic E-state index is -0.483. The summed E-state index contributed by atoms with van der Waals surface area (Å²) in [6, 6.07) is 10.9. The van der Waals surface area contributed by atoms with Crippen molar-refractivity contribution in [1.29, 1.82) is 0 Å². The van der Waals surface area contributed by atoms with E-state index in [2.05, 4.69) is 22.4 Å². The quantitative estimate of drug-likeness (QED) is 0.367. The first-order valence-corrected chi connectivity index (χ1v) is 10.6. The molecule has 0 unspecified atom stereocenters. The Morgan fingerprint density at radius 2 is 1.80 bits per heavy atom. The van der Waals surface area contributed by atoms with Gasteiger partial charge >= 0.3 is 6.09 Å². The fourth-order valence-corrected chi connectivity index (χ4v) is 3.83. The zero-order valence-electron chi connectivity index (χ0n) is 16.9. The fourth-order valence-electron chi connectivity index (χ4n) is 3.04. The first-order valence-electron chi connectivity index (χ1n) is 9.44. The average molecular weight is 465 g/mol. The summed E-state index contributed by atoms with van der Waals surface area (Å²) in [5.74, 6) is 1.03. The highest BCUT2D eigenvalue weighted by Gasteiger charge is 2.34. The van der Waals surface area contributed by atoms with Crippen LogP contribution in [0.4, 0.5) is 10.5 Å². The van der Waals surface area contributed by atoms with Crippen molar-refractivity contribution < 1.29 is 14.3 Å². The first-order chi connectivity index (χ1) is 14.2. The fraction of sp³-hybridized carbons (Fsp3) is 0.364.